The third kappa shape index (κ3) is 5.53. The predicted octanol–water partition coefficient (Wildman–Crippen LogP) is 4.12. The molecule has 2 N–H and O–H groups in total. The van der Waals surface area contributed by atoms with Gasteiger partial charge in [-0.3, -0.25) is 9.89 Å². The number of amides is 1. The minimum absolute atomic E-state index is 0.137. The number of aromatic amines is 1. The molecule has 0 atom stereocenters. The second-order valence-corrected chi connectivity index (χ2v) is 8.54. The molecular weight excluding hydrogens is 430 g/mol. The molecule has 0 saturated carbocycles. The van der Waals surface area contributed by atoms with Crippen LogP contribution in [0.5, 0.6) is 0 Å². The Morgan fingerprint density at radius 2 is 2.00 bits per heavy atom. The van der Waals surface area contributed by atoms with E-state index in [2.05, 4.69) is 20.4 Å². The van der Waals surface area contributed by atoms with Gasteiger partial charge in [-0.15, -0.1) is 0 Å². The van der Waals surface area contributed by atoms with E-state index in [1.165, 1.54) is 0 Å². The van der Waals surface area contributed by atoms with Gasteiger partial charge in [-0.05, 0) is 19.3 Å². The van der Waals surface area contributed by atoms with Gasteiger partial charge in [-0.1, -0.05) is 37.3 Å². The molecule has 0 aliphatic carbocycles. The first kappa shape index (κ1) is 23.7. The van der Waals surface area contributed by atoms with Gasteiger partial charge in [-0.25, -0.2) is 4.98 Å². The molecule has 0 bridgehead atoms. The van der Waals surface area contributed by atoms with Crippen molar-refractivity contribution in [3.63, 3.8) is 0 Å². The number of fused-ring (bicyclic) bond motifs is 1. The molecule has 3 heterocycles. The fourth-order valence-electron chi connectivity index (χ4n) is 4.06. The third-order valence-corrected chi connectivity index (χ3v) is 6.02. The van der Waals surface area contributed by atoms with Gasteiger partial charge in [0.2, 0.25) is 11.9 Å². The van der Waals surface area contributed by atoms with Gasteiger partial charge in [0, 0.05) is 50.9 Å². The third-order valence-electron chi connectivity index (χ3n) is 6.02. The maximum Gasteiger partial charge on any atom is 0.227 e. The van der Waals surface area contributed by atoms with Crippen LogP contribution >= 0.6 is 0 Å². The molecule has 34 heavy (non-hydrogen) atoms. The van der Waals surface area contributed by atoms with Crippen molar-refractivity contribution in [1.29, 1.82) is 0 Å². The molecule has 2 aromatic heterocycles. The number of unbranched alkanes of at least 4 members (excludes halogenated alkanes) is 2. The number of H-pyrrole nitrogens is 1. The van der Waals surface area contributed by atoms with Crippen molar-refractivity contribution in [2.75, 3.05) is 37.5 Å². The number of methoxy groups -OCH3 is 1. The highest BCUT2D eigenvalue weighted by Crippen LogP contribution is 2.30. The summed E-state index contributed by atoms with van der Waals surface area (Å²) in [6, 6.07) is 12.0. The average molecular weight is 464 g/mol. The van der Waals surface area contributed by atoms with Crippen molar-refractivity contribution in [3.05, 3.63) is 47.7 Å². The molecule has 0 unspecified atom stereocenters. The summed E-state index contributed by atoms with van der Waals surface area (Å²) in [5.41, 5.74) is 3.84. The lowest BCUT2D eigenvalue weighted by Gasteiger charge is -2.19. The van der Waals surface area contributed by atoms with Crippen molar-refractivity contribution in [2.45, 2.75) is 45.7 Å². The van der Waals surface area contributed by atoms with Gasteiger partial charge < -0.3 is 19.9 Å². The summed E-state index contributed by atoms with van der Waals surface area (Å²) in [5, 5.41) is 10.9. The van der Waals surface area contributed by atoms with E-state index in [9.17, 15) is 4.79 Å². The van der Waals surface area contributed by atoms with Crippen LogP contribution in [0.4, 0.5) is 17.6 Å². The first-order chi connectivity index (χ1) is 16.6. The SMILES string of the molecule is CCC(=O)N1Cc2[nH]nc(Nc3cc(-c4ccccc4)nc(N(C)CCCCCOC)n3)c2C1. The maximum absolute atomic E-state index is 12.2. The number of hydrogen-bond acceptors (Lipinski definition) is 7. The normalized spacial score (nSPS) is 12.6. The van der Waals surface area contributed by atoms with Crippen molar-refractivity contribution < 1.29 is 9.53 Å². The molecule has 0 spiro atoms. The Bertz CT molecular complexity index is 1100. The maximum atomic E-state index is 12.2. The second kappa shape index (κ2) is 11.1. The molecule has 180 valence electrons. The van der Waals surface area contributed by atoms with Crippen molar-refractivity contribution >= 4 is 23.5 Å². The Kier molecular flexibility index (Phi) is 7.74. The van der Waals surface area contributed by atoms with E-state index >= 15 is 0 Å². The van der Waals surface area contributed by atoms with Crippen molar-refractivity contribution in [1.82, 2.24) is 25.1 Å². The zero-order chi connectivity index (χ0) is 23.9. The van der Waals surface area contributed by atoms with E-state index in [0.717, 1.165) is 54.9 Å². The molecule has 1 aliphatic heterocycles. The quantitative estimate of drug-likeness (QED) is 0.413. The van der Waals surface area contributed by atoms with Crippen LogP contribution in [0.2, 0.25) is 0 Å². The Morgan fingerprint density at radius 1 is 1.18 bits per heavy atom. The van der Waals surface area contributed by atoms with Crippen LogP contribution in [0.25, 0.3) is 11.3 Å². The number of benzene rings is 1. The molecule has 1 amide bonds. The standard InChI is InChI=1S/C25H33N7O2/c1-4-23(33)32-16-19-21(17-32)29-30-24(19)27-22-15-20(18-11-7-5-8-12-18)26-25(28-22)31(2)13-9-6-10-14-34-3/h5,7-8,11-12,15H,4,6,9-10,13-14,16-17H2,1-3H3,(H2,26,27,28,29,30). The fraction of sp³-hybridized carbons (Fsp3) is 0.440. The molecule has 0 radical (unpaired) electrons. The predicted molar refractivity (Wildman–Crippen MR) is 133 cm³/mol. The van der Waals surface area contributed by atoms with Crippen LogP contribution in [-0.2, 0) is 22.6 Å². The highest BCUT2D eigenvalue weighted by Gasteiger charge is 2.27. The highest BCUT2D eigenvalue weighted by molar-refractivity contribution is 5.77. The summed E-state index contributed by atoms with van der Waals surface area (Å²) >= 11 is 0. The van der Waals surface area contributed by atoms with E-state index in [1.807, 2.05) is 55.3 Å². The molecular formula is C25H33N7O2. The van der Waals surface area contributed by atoms with Crippen LogP contribution < -0.4 is 10.2 Å². The topological polar surface area (TPSA) is 99.3 Å². The van der Waals surface area contributed by atoms with Gasteiger partial charge in [0.05, 0.1) is 24.5 Å². The van der Waals surface area contributed by atoms with E-state index in [0.29, 0.717) is 37.1 Å². The van der Waals surface area contributed by atoms with E-state index in [4.69, 9.17) is 14.7 Å². The molecule has 9 heteroatoms. The Hall–Kier alpha value is -3.46. The molecule has 0 fully saturated rings. The first-order valence-corrected chi connectivity index (χ1v) is 11.8. The van der Waals surface area contributed by atoms with E-state index < -0.39 is 0 Å². The zero-order valence-electron chi connectivity index (χ0n) is 20.2. The summed E-state index contributed by atoms with van der Waals surface area (Å²) in [5.74, 6) is 2.17. The van der Waals surface area contributed by atoms with Crippen LogP contribution in [-0.4, -0.2) is 58.3 Å². The van der Waals surface area contributed by atoms with Crippen molar-refractivity contribution in [3.8, 4) is 11.3 Å². The minimum atomic E-state index is 0.137. The number of carbonyl (C=O) groups excluding carboxylic acids is 1. The fourth-order valence-corrected chi connectivity index (χ4v) is 4.06. The number of aromatic nitrogens is 4. The van der Waals surface area contributed by atoms with Crippen LogP contribution in [0.1, 0.15) is 43.9 Å². The lowest BCUT2D eigenvalue weighted by molar-refractivity contribution is -0.131. The summed E-state index contributed by atoms with van der Waals surface area (Å²) < 4.78 is 5.14. The van der Waals surface area contributed by atoms with Crippen LogP contribution in [0.15, 0.2) is 36.4 Å². The van der Waals surface area contributed by atoms with Gasteiger partial charge in [-0.2, -0.15) is 10.1 Å². The van der Waals surface area contributed by atoms with Gasteiger partial charge in [0.15, 0.2) is 5.82 Å². The number of anilines is 3. The summed E-state index contributed by atoms with van der Waals surface area (Å²) in [7, 11) is 3.75. The first-order valence-electron chi connectivity index (χ1n) is 11.8. The number of carbonyl (C=O) groups is 1. The number of hydrogen-bond donors (Lipinski definition) is 2. The van der Waals surface area contributed by atoms with Gasteiger partial charge in [0.25, 0.3) is 0 Å². The number of nitrogens with zero attached hydrogens (tertiary/aromatic N) is 5. The van der Waals surface area contributed by atoms with Crippen LogP contribution in [0, 0.1) is 0 Å². The van der Waals surface area contributed by atoms with Crippen LogP contribution in [0.3, 0.4) is 0 Å². The summed E-state index contributed by atoms with van der Waals surface area (Å²) in [4.78, 5) is 25.7. The monoisotopic (exact) mass is 463 g/mol. The molecule has 3 aromatic rings. The summed E-state index contributed by atoms with van der Waals surface area (Å²) in [6.07, 6.45) is 3.67. The molecule has 9 nitrogen and oxygen atoms in total. The highest BCUT2D eigenvalue weighted by atomic mass is 16.5. The largest absolute Gasteiger partial charge is 0.385 e. The molecule has 1 aromatic carbocycles. The van der Waals surface area contributed by atoms with Gasteiger partial charge in [0.1, 0.15) is 5.82 Å². The molecule has 4 rings (SSSR count). The zero-order valence-corrected chi connectivity index (χ0v) is 20.2. The average Bonchev–Trinajstić information content (AvgIpc) is 3.45. The summed E-state index contributed by atoms with van der Waals surface area (Å²) in [6.45, 7) is 4.63. The molecule has 0 saturated heterocycles. The molecule has 1 aliphatic rings. The lowest BCUT2D eigenvalue weighted by Crippen LogP contribution is -2.24. The lowest BCUT2D eigenvalue weighted by atomic mass is 10.1. The number of nitrogens with one attached hydrogen (secondary N) is 2. The second-order valence-electron chi connectivity index (χ2n) is 8.54. The Labute approximate surface area is 200 Å². The van der Waals surface area contributed by atoms with E-state index in [-0.39, 0.29) is 5.91 Å². The smallest absolute Gasteiger partial charge is 0.227 e. The minimum Gasteiger partial charge on any atom is -0.385 e. The van der Waals surface area contributed by atoms with Crippen molar-refractivity contribution in [2.24, 2.45) is 0 Å². The van der Waals surface area contributed by atoms with E-state index in [1.54, 1.807) is 7.11 Å². The number of rotatable bonds is 11. The van der Waals surface area contributed by atoms with Gasteiger partial charge >= 0.3 is 0 Å². The Morgan fingerprint density at radius 3 is 2.76 bits per heavy atom. The number of ether oxygens (including phenoxy) is 1. The Balaban J connectivity index is 1.56.